The van der Waals surface area contributed by atoms with Crippen molar-refractivity contribution in [3.05, 3.63) is 0 Å². The van der Waals surface area contributed by atoms with E-state index in [-0.39, 0.29) is 0 Å². The Balaban J connectivity index is 4.16. The Kier molecular flexibility index (Phi) is 1.09. The predicted molar refractivity (Wildman–Crippen MR) is 25.2 cm³/mol. The highest BCUT2D eigenvalue weighted by Crippen LogP contribution is 2.32. The standard InChI is InChI=1S/CH3BrF2OS/c1-6(2,3,4)5/h1H3. The van der Waals surface area contributed by atoms with Gasteiger partial charge < -0.3 is 0 Å². The third-order valence-electron chi connectivity index (χ3n) is 0. The SMILES string of the molecule is CS(=O)(F)(F)Br. The van der Waals surface area contributed by atoms with Gasteiger partial charge in [0.25, 0.3) is 0 Å². The Bertz CT molecular complexity index is 91.2. The van der Waals surface area contributed by atoms with Gasteiger partial charge in [-0.15, -0.1) is 7.77 Å². The van der Waals surface area contributed by atoms with Crippen LogP contribution in [0.3, 0.4) is 0 Å². The van der Waals surface area contributed by atoms with Crippen LogP contribution in [-0.2, 0) is 8.27 Å². The van der Waals surface area contributed by atoms with E-state index in [4.69, 9.17) is 0 Å². The Morgan fingerprint density at radius 1 is 1.67 bits per heavy atom. The monoisotopic (exact) mass is 180 g/mol. The van der Waals surface area contributed by atoms with Crippen LogP contribution in [0.15, 0.2) is 0 Å². The van der Waals surface area contributed by atoms with E-state index >= 15 is 0 Å². The van der Waals surface area contributed by atoms with Gasteiger partial charge in [-0.3, -0.25) is 0 Å². The maximum absolute atomic E-state index is 11.2. The molecule has 0 saturated heterocycles. The molecular formula is CH3BrF2OS. The van der Waals surface area contributed by atoms with Crippen LogP contribution in [-0.4, -0.2) is 10.5 Å². The molecule has 0 amide bonds. The first-order chi connectivity index (χ1) is 2.24. The maximum atomic E-state index is 11.2. The van der Waals surface area contributed by atoms with Gasteiger partial charge in [-0.2, -0.15) is 0 Å². The highest BCUT2D eigenvalue weighted by Gasteiger charge is 2.21. The molecule has 0 aromatic rings. The summed E-state index contributed by atoms with van der Waals surface area (Å²) in [5, 5.41) is 0. The minimum Gasteiger partial charge on any atom is -0.212 e. The fourth-order valence-corrected chi connectivity index (χ4v) is 0. The summed E-state index contributed by atoms with van der Waals surface area (Å²) in [6.45, 7) is 0. The molecule has 0 rings (SSSR count). The third-order valence-corrected chi connectivity index (χ3v) is 0. The van der Waals surface area contributed by atoms with Gasteiger partial charge in [0.15, 0.2) is 0 Å². The average molecular weight is 181 g/mol. The summed E-state index contributed by atoms with van der Waals surface area (Å²) in [7, 11) is -5.29. The molecule has 40 valence electrons. The first kappa shape index (κ1) is 6.49. The first-order valence-electron chi connectivity index (χ1n) is 1.04. The number of hydrogen-bond acceptors (Lipinski definition) is 1. The van der Waals surface area contributed by atoms with Crippen LogP contribution in [0.1, 0.15) is 0 Å². The van der Waals surface area contributed by atoms with Gasteiger partial charge >= 0.3 is 0 Å². The fourth-order valence-electron chi connectivity index (χ4n) is 0. The van der Waals surface area contributed by atoms with Crippen molar-refractivity contribution in [1.82, 2.24) is 0 Å². The molecule has 0 spiro atoms. The first-order valence-corrected chi connectivity index (χ1v) is 5.06. The molecule has 0 fully saturated rings. The van der Waals surface area contributed by atoms with Gasteiger partial charge in [0.1, 0.15) is 0 Å². The summed E-state index contributed by atoms with van der Waals surface area (Å²) in [4.78, 5) is 0. The lowest BCUT2D eigenvalue weighted by atomic mass is 12.0. The van der Waals surface area contributed by atoms with Crippen LogP contribution < -0.4 is 0 Å². The van der Waals surface area contributed by atoms with Crippen LogP contribution in [0.4, 0.5) is 7.77 Å². The predicted octanol–water partition coefficient (Wildman–Crippen LogP) is 1.52. The summed E-state index contributed by atoms with van der Waals surface area (Å²) in [5.74, 6) is 0. The van der Waals surface area contributed by atoms with Crippen molar-refractivity contribution in [3.8, 4) is 0 Å². The van der Waals surface area contributed by atoms with E-state index in [9.17, 15) is 12.0 Å². The maximum Gasteiger partial charge on any atom is 0.208 e. The molecule has 0 heterocycles. The Labute approximate surface area is 41.9 Å². The van der Waals surface area contributed by atoms with Crippen molar-refractivity contribution in [2.45, 2.75) is 0 Å². The highest BCUT2D eigenvalue weighted by atomic mass is 79.9. The normalized spacial score (nSPS) is 19.0. The van der Waals surface area contributed by atoms with Crippen LogP contribution >= 0.6 is 14.8 Å². The fraction of sp³-hybridized carbons (Fsp3) is 1.00. The van der Waals surface area contributed by atoms with E-state index < -0.39 is 8.27 Å². The molecular weight excluding hydrogens is 178 g/mol. The van der Waals surface area contributed by atoms with E-state index in [1.54, 1.807) is 14.8 Å². The molecule has 0 aliphatic carbocycles. The summed E-state index contributed by atoms with van der Waals surface area (Å²) >= 11 is 1.70. The molecule has 0 aromatic heterocycles. The van der Waals surface area contributed by atoms with Crippen molar-refractivity contribution in [2.24, 2.45) is 0 Å². The zero-order chi connectivity index (χ0) is 5.45. The molecule has 1 nitrogen and oxygen atoms in total. The van der Waals surface area contributed by atoms with Gasteiger partial charge in [-0.25, -0.2) is 4.21 Å². The van der Waals surface area contributed by atoms with Crippen molar-refractivity contribution in [1.29, 1.82) is 0 Å². The van der Waals surface area contributed by atoms with Gasteiger partial charge in [0.2, 0.25) is 8.27 Å². The smallest absolute Gasteiger partial charge is 0.208 e. The van der Waals surface area contributed by atoms with Gasteiger partial charge in [0.05, 0.1) is 21.1 Å². The molecule has 0 aliphatic heterocycles. The van der Waals surface area contributed by atoms with Crippen molar-refractivity contribution >= 4 is 23.1 Å². The summed E-state index contributed by atoms with van der Waals surface area (Å²) < 4.78 is 31.7. The zero-order valence-electron chi connectivity index (χ0n) is 2.95. The Morgan fingerprint density at radius 3 is 1.67 bits per heavy atom. The molecule has 0 saturated carbocycles. The number of hydrogen-bond donors (Lipinski definition) is 0. The molecule has 0 aliphatic rings. The largest absolute Gasteiger partial charge is 0.212 e. The quantitative estimate of drug-likeness (QED) is 0.517. The lowest BCUT2D eigenvalue weighted by molar-refractivity contribution is 0.576. The highest BCUT2D eigenvalue weighted by molar-refractivity contribution is 9.51. The third kappa shape index (κ3) is 228. The minimum absolute atomic E-state index is 0.344. The van der Waals surface area contributed by atoms with Gasteiger partial charge in [-0.1, -0.05) is 0 Å². The molecule has 0 aromatic carbocycles. The lowest BCUT2D eigenvalue weighted by Crippen LogP contribution is -2.02. The van der Waals surface area contributed by atoms with E-state index in [0.29, 0.717) is 6.26 Å². The van der Waals surface area contributed by atoms with Crippen LogP contribution in [0.5, 0.6) is 0 Å². The van der Waals surface area contributed by atoms with Crippen LogP contribution in [0.25, 0.3) is 0 Å². The molecule has 0 unspecified atom stereocenters. The number of rotatable bonds is 0. The van der Waals surface area contributed by atoms with E-state index in [0.717, 1.165) is 0 Å². The molecule has 0 radical (unpaired) electrons. The second-order valence-corrected chi connectivity index (χ2v) is 7.18. The molecule has 0 atom stereocenters. The van der Waals surface area contributed by atoms with Crippen LogP contribution in [0.2, 0.25) is 0 Å². The lowest BCUT2D eigenvalue weighted by Gasteiger charge is -2.05. The van der Waals surface area contributed by atoms with Crippen molar-refractivity contribution in [2.75, 3.05) is 6.26 Å². The second-order valence-electron chi connectivity index (χ2n) is 0.994. The van der Waals surface area contributed by atoms with E-state index in [1.807, 2.05) is 0 Å². The summed E-state index contributed by atoms with van der Waals surface area (Å²) in [6, 6.07) is 0. The molecule has 0 N–H and O–H groups in total. The summed E-state index contributed by atoms with van der Waals surface area (Å²) in [6.07, 6.45) is 0.344. The van der Waals surface area contributed by atoms with E-state index in [2.05, 4.69) is 0 Å². The number of halogens is 3. The second kappa shape index (κ2) is 1.01. The Hall–Kier alpha value is 0.490. The average Bonchev–Trinajstić information content (AvgIpc) is 0.650. The topological polar surface area (TPSA) is 17.1 Å². The molecule has 5 heteroatoms. The van der Waals surface area contributed by atoms with Crippen molar-refractivity contribution in [3.63, 3.8) is 0 Å². The minimum atomic E-state index is -5.29. The van der Waals surface area contributed by atoms with Gasteiger partial charge in [-0.05, 0) is 0 Å². The van der Waals surface area contributed by atoms with Crippen LogP contribution in [0, 0.1) is 0 Å². The summed E-state index contributed by atoms with van der Waals surface area (Å²) in [5.41, 5.74) is 0. The zero-order valence-corrected chi connectivity index (χ0v) is 5.35. The Morgan fingerprint density at radius 2 is 1.67 bits per heavy atom. The van der Waals surface area contributed by atoms with Gasteiger partial charge in [0, 0.05) is 0 Å². The van der Waals surface area contributed by atoms with E-state index in [1.165, 1.54) is 0 Å². The van der Waals surface area contributed by atoms with Crippen molar-refractivity contribution < 1.29 is 12.0 Å². The molecule has 6 heavy (non-hydrogen) atoms. The molecule has 0 bridgehead atoms.